The van der Waals surface area contributed by atoms with Gasteiger partial charge in [-0.15, -0.1) is 0 Å². The number of nitrogens with zero attached hydrogens (tertiary/aromatic N) is 1. The van der Waals surface area contributed by atoms with E-state index in [1.165, 1.54) is 12.3 Å². The minimum absolute atomic E-state index is 0.0262. The molecule has 98 valence electrons. The van der Waals surface area contributed by atoms with Gasteiger partial charge in [0.05, 0.1) is 5.56 Å². The first-order valence-corrected chi connectivity index (χ1v) is 5.99. The lowest BCUT2D eigenvalue weighted by molar-refractivity contribution is 0.0696. The maximum Gasteiger partial charge on any atom is 0.337 e. The first-order chi connectivity index (χ1) is 8.99. The van der Waals surface area contributed by atoms with Crippen molar-refractivity contribution in [3.8, 4) is 11.6 Å². The molecule has 0 radical (unpaired) electrons. The molecule has 2 rings (SSSR count). The second kappa shape index (κ2) is 5.28. The Morgan fingerprint density at radius 2 is 2.11 bits per heavy atom. The summed E-state index contributed by atoms with van der Waals surface area (Å²) in [6.07, 6.45) is 1.22. The van der Waals surface area contributed by atoms with Crippen LogP contribution in [-0.4, -0.2) is 16.1 Å². The number of benzene rings is 1. The van der Waals surface area contributed by atoms with Crippen LogP contribution in [0.1, 0.15) is 21.5 Å². The van der Waals surface area contributed by atoms with E-state index in [-0.39, 0.29) is 16.5 Å². The minimum atomic E-state index is -1.08. The van der Waals surface area contributed by atoms with Crippen LogP contribution in [0.15, 0.2) is 30.5 Å². The summed E-state index contributed by atoms with van der Waals surface area (Å²) in [6.45, 7) is 3.91. The molecular weight excluding hydrogens is 266 g/mol. The minimum Gasteiger partial charge on any atom is -0.478 e. The van der Waals surface area contributed by atoms with Crippen molar-refractivity contribution in [3.63, 3.8) is 0 Å². The zero-order valence-corrected chi connectivity index (χ0v) is 11.2. The molecule has 0 amide bonds. The van der Waals surface area contributed by atoms with Crippen LogP contribution in [0.4, 0.5) is 0 Å². The molecule has 5 heteroatoms. The molecule has 0 bridgehead atoms. The number of carboxylic acids is 1. The van der Waals surface area contributed by atoms with Gasteiger partial charge in [-0.1, -0.05) is 23.7 Å². The predicted octanol–water partition coefficient (Wildman–Crippen LogP) is 3.84. The standard InChI is InChI=1S/C14H12ClNO3/c1-8-4-3-5-12(9(8)2)19-13-11(15)6-10(7-16-13)14(17)18/h3-7H,1-2H3,(H,17,18). The van der Waals surface area contributed by atoms with E-state index < -0.39 is 5.97 Å². The number of carbonyl (C=O) groups is 1. The second-order valence-corrected chi connectivity index (χ2v) is 4.52. The highest BCUT2D eigenvalue weighted by atomic mass is 35.5. The first-order valence-electron chi connectivity index (χ1n) is 5.62. The fraction of sp³-hybridized carbons (Fsp3) is 0.143. The van der Waals surface area contributed by atoms with Gasteiger partial charge in [-0.25, -0.2) is 9.78 Å². The number of aromatic nitrogens is 1. The highest BCUT2D eigenvalue weighted by molar-refractivity contribution is 6.32. The number of aryl methyl sites for hydroxylation is 1. The number of aromatic carboxylic acids is 1. The summed E-state index contributed by atoms with van der Waals surface area (Å²) in [5.74, 6) is -0.231. The number of rotatable bonds is 3. The largest absolute Gasteiger partial charge is 0.478 e. The summed E-state index contributed by atoms with van der Waals surface area (Å²) in [5.41, 5.74) is 2.11. The van der Waals surface area contributed by atoms with Gasteiger partial charge in [-0.3, -0.25) is 0 Å². The normalized spacial score (nSPS) is 10.3. The molecule has 0 unspecified atom stereocenters. The van der Waals surface area contributed by atoms with Crippen LogP contribution in [0.25, 0.3) is 0 Å². The summed E-state index contributed by atoms with van der Waals surface area (Å²) in [7, 11) is 0. The molecule has 0 saturated heterocycles. The van der Waals surface area contributed by atoms with E-state index in [2.05, 4.69) is 4.98 Å². The molecule has 2 aromatic rings. The van der Waals surface area contributed by atoms with Gasteiger partial charge in [0.2, 0.25) is 5.88 Å². The maximum absolute atomic E-state index is 10.8. The van der Waals surface area contributed by atoms with Crippen molar-refractivity contribution in [1.82, 2.24) is 4.98 Å². The lowest BCUT2D eigenvalue weighted by Crippen LogP contribution is -1.99. The van der Waals surface area contributed by atoms with Gasteiger partial charge in [-0.05, 0) is 37.1 Å². The van der Waals surface area contributed by atoms with Crippen molar-refractivity contribution < 1.29 is 14.6 Å². The average molecular weight is 278 g/mol. The van der Waals surface area contributed by atoms with Crippen LogP contribution in [0.5, 0.6) is 11.6 Å². The second-order valence-electron chi connectivity index (χ2n) is 4.12. The van der Waals surface area contributed by atoms with Crippen molar-refractivity contribution in [3.05, 3.63) is 52.2 Å². The zero-order valence-electron chi connectivity index (χ0n) is 10.5. The molecule has 1 aromatic carbocycles. The number of carboxylic acid groups (broad SMARTS) is 1. The van der Waals surface area contributed by atoms with E-state index in [0.717, 1.165) is 11.1 Å². The number of hydrogen-bond donors (Lipinski definition) is 1. The van der Waals surface area contributed by atoms with Crippen molar-refractivity contribution in [2.75, 3.05) is 0 Å². The van der Waals surface area contributed by atoms with Crippen LogP contribution in [0.3, 0.4) is 0 Å². The summed E-state index contributed by atoms with van der Waals surface area (Å²) in [5, 5.41) is 9.00. The quantitative estimate of drug-likeness (QED) is 0.926. The fourth-order valence-corrected chi connectivity index (χ4v) is 1.76. The van der Waals surface area contributed by atoms with E-state index >= 15 is 0 Å². The Kier molecular flexibility index (Phi) is 3.71. The number of ether oxygens (including phenoxy) is 1. The Morgan fingerprint density at radius 3 is 2.74 bits per heavy atom. The molecule has 4 nitrogen and oxygen atoms in total. The molecule has 0 aliphatic carbocycles. The van der Waals surface area contributed by atoms with Crippen molar-refractivity contribution >= 4 is 17.6 Å². The summed E-state index contributed by atoms with van der Waals surface area (Å²) < 4.78 is 5.62. The SMILES string of the molecule is Cc1cccc(Oc2ncc(C(=O)O)cc2Cl)c1C. The summed E-state index contributed by atoms with van der Waals surface area (Å²) in [6, 6.07) is 6.98. The molecule has 1 aromatic heterocycles. The van der Waals surface area contributed by atoms with Gasteiger partial charge < -0.3 is 9.84 Å². The Balaban J connectivity index is 2.34. The first kappa shape index (κ1) is 13.4. The maximum atomic E-state index is 10.8. The van der Waals surface area contributed by atoms with Gasteiger partial charge >= 0.3 is 5.97 Å². The topological polar surface area (TPSA) is 59.4 Å². The van der Waals surface area contributed by atoms with Crippen LogP contribution in [0, 0.1) is 13.8 Å². The molecule has 0 aliphatic heterocycles. The number of halogens is 1. The van der Waals surface area contributed by atoms with Gasteiger partial charge in [0.1, 0.15) is 10.8 Å². The lowest BCUT2D eigenvalue weighted by Gasteiger charge is -2.10. The zero-order chi connectivity index (χ0) is 14.0. The molecule has 0 fully saturated rings. The monoisotopic (exact) mass is 277 g/mol. The highest BCUT2D eigenvalue weighted by Crippen LogP contribution is 2.30. The van der Waals surface area contributed by atoms with Crippen LogP contribution in [0.2, 0.25) is 5.02 Å². The van der Waals surface area contributed by atoms with Gasteiger partial charge in [-0.2, -0.15) is 0 Å². The smallest absolute Gasteiger partial charge is 0.337 e. The Bertz CT molecular complexity index is 641. The Labute approximate surface area is 115 Å². The molecule has 1 N–H and O–H groups in total. The van der Waals surface area contributed by atoms with E-state index in [9.17, 15) is 4.79 Å². The van der Waals surface area contributed by atoms with Gasteiger partial charge in [0, 0.05) is 6.20 Å². The Morgan fingerprint density at radius 1 is 1.37 bits per heavy atom. The predicted molar refractivity (Wildman–Crippen MR) is 72.2 cm³/mol. The van der Waals surface area contributed by atoms with Crippen molar-refractivity contribution in [2.24, 2.45) is 0 Å². The fourth-order valence-electron chi connectivity index (χ4n) is 1.56. The third kappa shape index (κ3) is 2.85. The molecule has 0 saturated carbocycles. The van der Waals surface area contributed by atoms with Gasteiger partial charge in [0.25, 0.3) is 0 Å². The highest BCUT2D eigenvalue weighted by Gasteiger charge is 2.11. The Hall–Kier alpha value is -2.07. The number of pyridine rings is 1. The summed E-state index contributed by atoms with van der Waals surface area (Å²) >= 11 is 5.96. The van der Waals surface area contributed by atoms with Crippen molar-refractivity contribution in [1.29, 1.82) is 0 Å². The van der Waals surface area contributed by atoms with E-state index in [4.69, 9.17) is 21.4 Å². The molecule has 0 atom stereocenters. The number of hydrogen-bond acceptors (Lipinski definition) is 3. The third-order valence-corrected chi connectivity index (χ3v) is 3.09. The molecule has 19 heavy (non-hydrogen) atoms. The van der Waals surface area contributed by atoms with Crippen LogP contribution in [-0.2, 0) is 0 Å². The molecule has 0 spiro atoms. The third-order valence-electron chi connectivity index (χ3n) is 2.82. The molecule has 0 aliphatic rings. The van der Waals surface area contributed by atoms with Crippen LogP contribution < -0.4 is 4.74 Å². The van der Waals surface area contributed by atoms with Crippen molar-refractivity contribution in [2.45, 2.75) is 13.8 Å². The van der Waals surface area contributed by atoms with Gasteiger partial charge in [0.15, 0.2) is 0 Å². The van der Waals surface area contributed by atoms with E-state index in [0.29, 0.717) is 5.75 Å². The average Bonchev–Trinajstić information content (AvgIpc) is 2.37. The lowest BCUT2D eigenvalue weighted by atomic mass is 10.1. The van der Waals surface area contributed by atoms with Crippen LogP contribution >= 0.6 is 11.6 Å². The molecule has 1 heterocycles. The summed E-state index contributed by atoms with van der Waals surface area (Å²) in [4.78, 5) is 14.7. The van der Waals surface area contributed by atoms with E-state index in [1.54, 1.807) is 0 Å². The molecular formula is C14H12ClNO3. The van der Waals surface area contributed by atoms with E-state index in [1.807, 2.05) is 32.0 Å².